The second kappa shape index (κ2) is 8.84. The van der Waals surface area contributed by atoms with Crippen LogP contribution in [0.3, 0.4) is 0 Å². The highest BCUT2D eigenvalue weighted by molar-refractivity contribution is 9.10. The van der Waals surface area contributed by atoms with Crippen LogP contribution in [0.25, 0.3) is 0 Å². The lowest BCUT2D eigenvalue weighted by molar-refractivity contribution is -0.136. The lowest BCUT2D eigenvalue weighted by Gasteiger charge is -2.09. The molecule has 0 aliphatic heterocycles. The Morgan fingerprint density at radius 3 is 2.22 bits per heavy atom. The van der Waals surface area contributed by atoms with Crippen LogP contribution in [0.5, 0.6) is 11.5 Å². The first-order valence-corrected chi connectivity index (χ1v) is 9.18. The van der Waals surface area contributed by atoms with E-state index in [1.54, 1.807) is 54.6 Å². The van der Waals surface area contributed by atoms with Crippen LogP contribution in [0, 0.1) is 0 Å². The number of ketones is 1. The Bertz CT molecular complexity index is 956. The van der Waals surface area contributed by atoms with Crippen molar-refractivity contribution in [1.82, 2.24) is 0 Å². The first kappa shape index (κ1) is 19.1. The lowest BCUT2D eigenvalue weighted by atomic mass is 10.0. The normalized spacial score (nSPS) is 10.3. The molecule has 0 N–H and O–H groups in total. The van der Waals surface area contributed by atoms with Crippen molar-refractivity contribution < 1.29 is 19.1 Å². The number of carbonyl (C=O) groups excluding carboxylic acids is 2. The van der Waals surface area contributed by atoms with E-state index < -0.39 is 5.97 Å². The van der Waals surface area contributed by atoms with Gasteiger partial charge < -0.3 is 9.47 Å². The van der Waals surface area contributed by atoms with Crippen LogP contribution in [-0.2, 0) is 4.79 Å². The predicted molar refractivity (Wildman–Crippen MR) is 107 cm³/mol. The smallest absolute Gasteiger partial charge is 0.349 e. The fraction of sp³-hybridized carbons (Fsp3) is 0.0476. The van der Waals surface area contributed by atoms with Crippen molar-refractivity contribution in [2.75, 3.05) is 6.61 Å². The number of esters is 1. The topological polar surface area (TPSA) is 52.6 Å². The summed E-state index contributed by atoms with van der Waals surface area (Å²) in [5.41, 5.74) is 1.12. The summed E-state index contributed by atoms with van der Waals surface area (Å²) in [4.78, 5) is 24.3. The summed E-state index contributed by atoms with van der Waals surface area (Å²) < 4.78 is 11.3. The molecule has 0 bridgehead atoms. The zero-order valence-electron chi connectivity index (χ0n) is 14.0. The SMILES string of the molecule is O=C(COc1ccc(Cl)cc1Br)Oc1ccc(C(=O)c2ccccc2)cc1. The van der Waals surface area contributed by atoms with Gasteiger partial charge in [-0.25, -0.2) is 4.79 Å². The highest BCUT2D eigenvalue weighted by Crippen LogP contribution is 2.28. The Balaban J connectivity index is 1.57. The number of hydrogen-bond acceptors (Lipinski definition) is 4. The number of rotatable bonds is 6. The summed E-state index contributed by atoms with van der Waals surface area (Å²) in [5.74, 6) is 0.173. The van der Waals surface area contributed by atoms with E-state index in [0.29, 0.717) is 32.1 Å². The summed E-state index contributed by atoms with van der Waals surface area (Å²) in [6.07, 6.45) is 0. The molecule has 0 aliphatic rings. The van der Waals surface area contributed by atoms with Crippen molar-refractivity contribution in [2.45, 2.75) is 0 Å². The number of carbonyl (C=O) groups is 2. The van der Waals surface area contributed by atoms with E-state index in [1.165, 1.54) is 0 Å². The zero-order valence-corrected chi connectivity index (χ0v) is 16.4. The van der Waals surface area contributed by atoms with Crippen molar-refractivity contribution in [3.63, 3.8) is 0 Å². The van der Waals surface area contributed by atoms with Gasteiger partial charge in [0.05, 0.1) is 4.47 Å². The minimum atomic E-state index is -0.556. The zero-order chi connectivity index (χ0) is 19.2. The molecule has 0 heterocycles. The van der Waals surface area contributed by atoms with Gasteiger partial charge in [0.2, 0.25) is 0 Å². The van der Waals surface area contributed by atoms with E-state index in [-0.39, 0.29) is 12.4 Å². The van der Waals surface area contributed by atoms with Gasteiger partial charge in [-0.3, -0.25) is 4.79 Å². The summed E-state index contributed by atoms with van der Waals surface area (Å²) in [6, 6.07) is 20.4. The fourth-order valence-electron chi connectivity index (χ4n) is 2.32. The van der Waals surface area contributed by atoms with Gasteiger partial charge in [-0.05, 0) is 58.4 Å². The first-order chi connectivity index (χ1) is 13.0. The molecule has 4 nitrogen and oxygen atoms in total. The predicted octanol–water partition coefficient (Wildman–Crippen LogP) is 5.32. The van der Waals surface area contributed by atoms with E-state index in [2.05, 4.69) is 15.9 Å². The molecule has 0 amide bonds. The maximum absolute atomic E-state index is 12.4. The summed E-state index contributed by atoms with van der Waals surface area (Å²) >= 11 is 9.17. The molecule has 0 saturated heterocycles. The van der Waals surface area contributed by atoms with Gasteiger partial charge in [0, 0.05) is 16.1 Å². The lowest BCUT2D eigenvalue weighted by Crippen LogP contribution is -2.17. The van der Waals surface area contributed by atoms with Gasteiger partial charge in [-0.2, -0.15) is 0 Å². The highest BCUT2D eigenvalue weighted by atomic mass is 79.9. The Labute approximate surface area is 169 Å². The minimum Gasteiger partial charge on any atom is -0.481 e. The molecule has 136 valence electrons. The van der Waals surface area contributed by atoms with E-state index >= 15 is 0 Å². The van der Waals surface area contributed by atoms with Crippen LogP contribution in [0.15, 0.2) is 77.3 Å². The van der Waals surface area contributed by atoms with Gasteiger partial charge in [-0.1, -0.05) is 41.9 Å². The average Bonchev–Trinajstić information content (AvgIpc) is 2.68. The van der Waals surface area contributed by atoms with Crippen LogP contribution in [0.4, 0.5) is 0 Å². The fourth-order valence-corrected chi connectivity index (χ4v) is 3.12. The second-order valence-electron chi connectivity index (χ2n) is 5.56. The third kappa shape index (κ3) is 5.18. The molecule has 0 fully saturated rings. The van der Waals surface area contributed by atoms with Gasteiger partial charge in [0.15, 0.2) is 12.4 Å². The summed E-state index contributed by atoms with van der Waals surface area (Å²) in [5, 5.41) is 0.557. The molecular weight excluding hydrogens is 432 g/mol. The molecule has 0 atom stereocenters. The molecule has 3 rings (SSSR count). The molecular formula is C21H14BrClO4. The van der Waals surface area contributed by atoms with Crippen LogP contribution in [0.1, 0.15) is 15.9 Å². The Morgan fingerprint density at radius 1 is 0.889 bits per heavy atom. The summed E-state index contributed by atoms with van der Waals surface area (Å²) in [6.45, 7) is -0.259. The third-order valence-corrected chi connectivity index (χ3v) is 4.48. The molecule has 3 aromatic carbocycles. The molecule has 0 radical (unpaired) electrons. The van der Waals surface area contributed by atoms with Crippen molar-refractivity contribution in [2.24, 2.45) is 0 Å². The molecule has 0 aromatic heterocycles. The standard InChI is InChI=1S/C21H14BrClO4/c22-18-12-16(23)8-11-19(18)26-13-20(24)27-17-9-6-15(7-10-17)21(25)14-4-2-1-3-5-14/h1-12H,13H2. The van der Waals surface area contributed by atoms with Crippen LogP contribution in [0.2, 0.25) is 5.02 Å². The molecule has 27 heavy (non-hydrogen) atoms. The maximum Gasteiger partial charge on any atom is 0.349 e. The minimum absolute atomic E-state index is 0.0931. The molecule has 0 unspecified atom stereocenters. The second-order valence-corrected chi connectivity index (χ2v) is 6.85. The molecule has 0 aliphatic carbocycles. The average molecular weight is 446 g/mol. The maximum atomic E-state index is 12.4. The molecule has 0 saturated carbocycles. The van der Waals surface area contributed by atoms with Crippen molar-refractivity contribution >= 4 is 39.3 Å². The van der Waals surface area contributed by atoms with E-state index in [4.69, 9.17) is 21.1 Å². The Hall–Kier alpha value is -2.63. The number of benzene rings is 3. The van der Waals surface area contributed by atoms with Gasteiger partial charge in [0.25, 0.3) is 0 Å². The Morgan fingerprint density at radius 2 is 1.56 bits per heavy atom. The monoisotopic (exact) mass is 444 g/mol. The van der Waals surface area contributed by atoms with Crippen LogP contribution >= 0.6 is 27.5 Å². The van der Waals surface area contributed by atoms with Crippen molar-refractivity contribution in [1.29, 1.82) is 0 Å². The molecule has 0 spiro atoms. The largest absolute Gasteiger partial charge is 0.481 e. The molecule has 3 aromatic rings. The summed E-state index contributed by atoms with van der Waals surface area (Å²) in [7, 11) is 0. The third-order valence-electron chi connectivity index (χ3n) is 3.62. The van der Waals surface area contributed by atoms with Crippen molar-refractivity contribution in [3.05, 3.63) is 93.4 Å². The van der Waals surface area contributed by atoms with Crippen LogP contribution in [-0.4, -0.2) is 18.4 Å². The van der Waals surface area contributed by atoms with Gasteiger partial charge in [-0.15, -0.1) is 0 Å². The van der Waals surface area contributed by atoms with E-state index in [9.17, 15) is 9.59 Å². The molecule has 6 heteroatoms. The quantitative estimate of drug-likeness (QED) is 0.293. The van der Waals surface area contributed by atoms with Gasteiger partial charge >= 0.3 is 5.97 Å². The van der Waals surface area contributed by atoms with Crippen molar-refractivity contribution in [3.8, 4) is 11.5 Å². The first-order valence-electron chi connectivity index (χ1n) is 8.01. The van der Waals surface area contributed by atoms with E-state index in [1.807, 2.05) is 18.2 Å². The highest BCUT2D eigenvalue weighted by Gasteiger charge is 2.11. The number of hydrogen-bond donors (Lipinski definition) is 0. The Kier molecular flexibility index (Phi) is 6.27. The van der Waals surface area contributed by atoms with Crippen LogP contribution < -0.4 is 9.47 Å². The number of ether oxygens (including phenoxy) is 2. The van der Waals surface area contributed by atoms with Gasteiger partial charge in [0.1, 0.15) is 11.5 Å². The van der Waals surface area contributed by atoms with E-state index in [0.717, 1.165) is 0 Å². The number of halogens is 2.